The average Bonchev–Trinajstić information content (AvgIpc) is 2.63. The molecule has 1 aliphatic carbocycles. The standard InChI is InChI=1S/C14H24N2O3S/c1-13-9-15(2)7-11(13)8-16(10-13)12(17)14(5-4-6-14)20(3,18)19/h11H,4-10H2,1-3H3/t11-,13+/m1/s1. The maximum Gasteiger partial charge on any atom is 0.244 e. The first kappa shape index (κ1) is 14.3. The Bertz CT molecular complexity index is 541. The molecule has 20 heavy (non-hydrogen) atoms. The van der Waals surface area contributed by atoms with Crippen molar-refractivity contribution < 1.29 is 13.2 Å². The van der Waals surface area contributed by atoms with Crippen LogP contribution in [0.5, 0.6) is 0 Å². The number of fused-ring (bicyclic) bond motifs is 1. The van der Waals surface area contributed by atoms with E-state index in [9.17, 15) is 13.2 Å². The quantitative estimate of drug-likeness (QED) is 0.739. The lowest BCUT2D eigenvalue weighted by Crippen LogP contribution is -2.57. The van der Waals surface area contributed by atoms with Gasteiger partial charge in [0.25, 0.3) is 0 Å². The highest BCUT2D eigenvalue weighted by Crippen LogP contribution is 2.46. The Labute approximate surface area is 121 Å². The third kappa shape index (κ3) is 1.84. The van der Waals surface area contributed by atoms with Crippen LogP contribution < -0.4 is 0 Å². The van der Waals surface area contributed by atoms with Crippen molar-refractivity contribution in [3.05, 3.63) is 0 Å². The Hall–Kier alpha value is -0.620. The van der Waals surface area contributed by atoms with E-state index in [4.69, 9.17) is 0 Å². The molecule has 3 fully saturated rings. The molecule has 114 valence electrons. The fourth-order valence-electron chi connectivity index (χ4n) is 4.31. The molecule has 0 aromatic rings. The molecule has 0 N–H and O–H groups in total. The van der Waals surface area contributed by atoms with Crippen molar-refractivity contribution in [1.29, 1.82) is 0 Å². The van der Waals surface area contributed by atoms with Gasteiger partial charge in [-0.1, -0.05) is 6.92 Å². The summed E-state index contributed by atoms with van der Waals surface area (Å²) in [6.45, 7) is 5.65. The van der Waals surface area contributed by atoms with Gasteiger partial charge >= 0.3 is 0 Å². The molecule has 3 rings (SSSR count). The number of carbonyl (C=O) groups is 1. The molecule has 2 saturated heterocycles. The molecule has 3 aliphatic rings. The van der Waals surface area contributed by atoms with E-state index in [1.807, 2.05) is 4.90 Å². The lowest BCUT2D eigenvalue weighted by atomic mass is 9.82. The highest BCUT2D eigenvalue weighted by Gasteiger charge is 2.58. The smallest absolute Gasteiger partial charge is 0.244 e. The minimum absolute atomic E-state index is 0.132. The summed E-state index contributed by atoms with van der Waals surface area (Å²) >= 11 is 0. The van der Waals surface area contributed by atoms with E-state index in [0.29, 0.717) is 25.3 Å². The van der Waals surface area contributed by atoms with Crippen molar-refractivity contribution in [2.75, 3.05) is 39.5 Å². The number of rotatable bonds is 2. The van der Waals surface area contributed by atoms with Crippen LogP contribution in [-0.2, 0) is 14.6 Å². The first-order valence-corrected chi connectivity index (χ1v) is 9.25. The van der Waals surface area contributed by atoms with Crippen LogP contribution in [0.15, 0.2) is 0 Å². The van der Waals surface area contributed by atoms with Crippen molar-refractivity contribution in [3.63, 3.8) is 0 Å². The number of amides is 1. The topological polar surface area (TPSA) is 57.7 Å². The Morgan fingerprint density at radius 3 is 2.30 bits per heavy atom. The SMILES string of the molecule is CN1C[C@@H]2CN(C(=O)C3(S(C)(=O)=O)CCC3)C[C@]2(C)C1. The van der Waals surface area contributed by atoms with Crippen LogP contribution in [0.1, 0.15) is 26.2 Å². The fraction of sp³-hybridized carbons (Fsp3) is 0.929. The molecule has 2 aliphatic heterocycles. The van der Waals surface area contributed by atoms with E-state index < -0.39 is 14.6 Å². The monoisotopic (exact) mass is 300 g/mol. The van der Waals surface area contributed by atoms with Crippen LogP contribution in [-0.4, -0.2) is 68.4 Å². The predicted octanol–water partition coefficient (Wildman–Crippen LogP) is 0.364. The number of nitrogens with zero attached hydrogens (tertiary/aromatic N) is 2. The van der Waals surface area contributed by atoms with Gasteiger partial charge in [0.2, 0.25) is 5.91 Å². The number of likely N-dealkylation sites (tertiary alicyclic amines) is 2. The van der Waals surface area contributed by atoms with Crippen LogP contribution >= 0.6 is 0 Å². The zero-order chi connectivity index (χ0) is 14.8. The van der Waals surface area contributed by atoms with Crippen LogP contribution in [0.3, 0.4) is 0 Å². The molecule has 2 heterocycles. The van der Waals surface area contributed by atoms with E-state index in [1.54, 1.807) is 0 Å². The summed E-state index contributed by atoms with van der Waals surface area (Å²) in [5.74, 6) is 0.345. The number of carbonyl (C=O) groups excluding carboxylic acids is 1. The Morgan fingerprint density at radius 2 is 1.85 bits per heavy atom. The van der Waals surface area contributed by atoms with Gasteiger partial charge in [-0.15, -0.1) is 0 Å². The minimum Gasteiger partial charge on any atom is -0.340 e. The molecule has 1 saturated carbocycles. The predicted molar refractivity (Wildman–Crippen MR) is 77.1 cm³/mol. The minimum atomic E-state index is -3.32. The van der Waals surface area contributed by atoms with Crippen molar-refractivity contribution in [1.82, 2.24) is 9.80 Å². The lowest BCUT2D eigenvalue weighted by molar-refractivity contribution is -0.135. The van der Waals surface area contributed by atoms with Gasteiger partial charge in [0.1, 0.15) is 0 Å². The van der Waals surface area contributed by atoms with Crippen molar-refractivity contribution in [3.8, 4) is 0 Å². The van der Waals surface area contributed by atoms with E-state index >= 15 is 0 Å². The fourth-order valence-corrected chi connectivity index (χ4v) is 5.79. The number of hydrogen-bond acceptors (Lipinski definition) is 4. The zero-order valence-electron chi connectivity index (χ0n) is 12.6. The number of sulfone groups is 1. The van der Waals surface area contributed by atoms with Gasteiger partial charge in [0, 0.05) is 37.8 Å². The largest absolute Gasteiger partial charge is 0.340 e. The summed E-state index contributed by atoms with van der Waals surface area (Å²) in [6, 6.07) is 0. The third-order valence-corrected chi connectivity index (χ3v) is 7.69. The first-order chi connectivity index (χ1) is 9.18. The second-order valence-corrected chi connectivity index (χ2v) is 9.68. The lowest BCUT2D eigenvalue weighted by Gasteiger charge is -2.41. The summed E-state index contributed by atoms with van der Waals surface area (Å²) in [5, 5.41) is 0. The van der Waals surface area contributed by atoms with Crippen LogP contribution in [0.4, 0.5) is 0 Å². The summed E-state index contributed by atoms with van der Waals surface area (Å²) in [7, 11) is -1.21. The highest BCUT2D eigenvalue weighted by molar-refractivity contribution is 7.93. The molecule has 0 spiro atoms. The van der Waals surface area contributed by atoms with E-state index in [2.05, 4.69) is 18.9 Å². The van der Waals surface area contributed by atoms with Gasteiger partial charge < -0.3 is 9.80 Å². The molecule has 5 nitrogen and oxygen atoms in total. The molecule has 1 amide bonds. The molecule has 2 atom stereocenters. The molecule has 0 unspecified atom stereocenters. The molecule has 0 aromatic heterocycles. The van der Waals surface area contributed by atoms with Crippen LogP contribution in [0.2, 0.25) is 0 Å². The molecular formula is C14H24N2O3S. The van der Waals surface area contributed by atoms with E-state index in [0.717, 1.165) is 26.1 Å². The average molecular weight is 300 g/mol. The van der Waals surface area contributed by atoms with Gasteiger partial charge in [0.05, 0.1) is 0 Å². The van der Waals surface area contributed by atoms with Crippen LogP contribution in [0.25, 0.3) is 0 Å². The normalized spacial score (nSPS) is 36.8. The maximum absolute atomic E-state index is 12.8. The van der Waals surface area contributed by atoms with Gasteiger partial charge in [-0.05, 0) is 32.2 Å². The van der Waals surface area contributed by atoms with Crippen molar-refractivity contribution in [2.24, 2.45) is 11.3 Å². The Kier molecular flexibility index (Phi) is 3.00. The summed E-state index contributed by atoms with van der Waals surface area (Å²) in [5.41, 5.74) is 0.132. The Balaban J connectivity index is 1.81. The second-order valence-electron chi connectivity index (χ2n) is 7.35. The molecular weight excluding hydrogens is 276 g/mol. The second kappa shape index (κ2) is 4.19. The highest BCUT2D eigenvalue weighted by atomic mass is 32.2. The maximum atomic E-state index is 12.8. The first-order valence-electron chi connectivity index (χ1n) is 7.35. The van der Waals surface area contributed by atoms with Gasteiger partial charge in [-0.2, -0.15) is 0 Å². The molecule has 6 heteroatoms. The third-order valence-electron chi connectivity index (χ3n) is 5.69. The van der Waals surface area contributed by atoms with Gasteiger partial charge in [-0.3, -0.25) is 4.79 Å². The summed E-state index contributed by atoms with van der Waals surface area (Å²) in [6.07, 6.45) is 3.07. The molecule has 0 radical (unpaired) electrons. The zero-order valence-corrected chi connectivity index (χ0v) is 13.4. The van der Waals surface area contributed by atoms with Gasteiger partial charge in [0.15, 0.2) is 14.6 Å². The molecule has 0 bridgehead atoms. The summed E-state index contributed by atoms with van der Waals surface area (Å²) < 4.78 is 23.0. The summed E-state index contributed by atoms with van der Waals surface area (Å²) in [4.78, 5) is 16.9. The van der Waals surface area contributed by atoms with Crippen LogP contribution in [0, 0.1) is 11.3 Å². The molecule has 0 aromatic carbocycles. The van der Waals surface area contributed by atoms with Crippen molar-refractivity contribution in [2.45, 2.75) is 30.9 Å². The van der Waals surface area contributed by atoms with E-state index in [1.165, 1.54) is 6.26 Å². The van der Waals surface area contributed by atoms with Gasteiger partial charge in [-0.25, -0.2) is 8.42 Å². The number of hydrogen-bond donors (Lipinski definition) is 0. The van der Waals surface area contributed by atoms with E-state index in [-0.39, 0.29) is 11.3 Å². The van der Waals surface area contributed by atoms with Crippen molar-refractivity contribution >= 4 is 15.7 Å². The Morgan fingerprint density at radius 1 is 1.20 bits per heavy atom.